The monoisotopic (exact) mass is 359 g/mol. The number of piperidine rings is 1. The number of hydrogen-bond acceptors (Lipinski definition) is 3. The molecule has 4 heteroatoms. The van der Waals surface area contributed by atoms with Crippen molar-refractivity contribution in [3.63, 3.8) is 0 Å². The maximum Gasteiger partial charge on any atom is 0.135 e. The summed E-state index contributed by atoms with van der Waals surface area (Å²) in [6.07, 6.45) is 16.0. The van der Waals surface area contributed by atoms with E-state index in [9.17, 15) is 4.79 Å². The van der Waals surface area contributed by atoms with Crippen molar-refractivity contribution in [3.8, 4) is 0 Å². The second-order valence-electron chi connectivity index (χ2n) is 8.43. The van der Waals surface area contributed by atoms with E-state index in [4.69, 9.17) is 0 Å². The van der Waals surface area contributed by atoms with E-state index in [2.05, 4.69) is 27.8 Å². The van der Waals surface area contributed by atoms with Crippen LogP contribution in [0.3, 0.4) is 0 Å². The molecule has 1 saturated heterocycles. The minimum atomic E-state index is 0.380. The van der Waals surface area contributed by atoms with Gasteiger partial charge in [0.05, 0.1) is 12.2 Å². The van der Waals surface area contributed by atoms with Gasteiger partial charge in [-0.05, 0) is 75.8 Å². The first kappa shape index (κ1) is 19.6. The number of Topliss-reactive ketones (excluding diaryl/α,β-unsaturated/α-hetero) is 1. The van der Waals surface area contributed by atoms with Crippen LogP contribution in [0.15, 0.2) is 12.4 Å². The van der Waals surface area contributed by atoms with Gasteiger partial charge in [0.15, 0.2) is 0 Å². The lowest BCUT2D eigenvalue weighted by Crippen LogP contribution is -2.35. The van der Waals surface area contributed by atoms with E-state index in [0.29, 0.717) is 17.7 Å². The summed E-state index contributed by atoms with van der Waals surface area (Å²) in [6.45, 7) is 7.87. The van der Waals surface area contributed by atoms with Gasteiger partial charge >= 0.3 is 0 Å². The fraction of sp³-hybridized carbons (Fsp3) is 0.818. The van der Waals surface area contributed by atoms with Crippen LogP contribution in [0.2, 0.25) is 0 Å². The quantitative estimate of drug-likeness (QED) is 0.678. The Balaban J connectivity index is 1.30. The largest absolute Gasteiger partial charge is 0.303 e. The van der Waals surface area contributed by atoms with Gasteiger partial charge in [-0.25, -0.2) is 0 Å². The fourth-order valence-electron chi connectivity index (χ4n) is 4.83. The molecule has 0 radical (unpaired) electrons. The van der Waals surface area contributed by atoms with Crippen molar-refractivity contribution in [2.24, 2.45) is 11.8 Å². The first-order valence-electron chi connectivity index (χ1n) is 11.0. The highest BCUT2D eigenvalue weighted by Crippen LogP contribution is 2.32. The van der Waals surface area contributed by atoms with Crippen molar-refractivity contribution in [2.75, 3.05) is 19.6 Å². The van der Waals surface area contributed by atoms with Crippen LogP contribution in [0.5, 0.6) is 0 Å². The molecule has 0 bridgehead atoms. The van der Waals surface area contributed by atoms with Crippen molar-refractivity contribution < 1.29 is 4.79 Å². The summed E-state index contributed by atoms with van der Waals surface area (Å²) in [5.41, 5.74) is 1.35. The Labute approximate surface area is 159 Å². The highest BCUT2D eigenvalue weighted by molar-refractivity contribution is 5.80. The molecular formula is C22H37N3O. The molecule has 26 heavy (non-hydrogen) atoms. The molecule has 1 saturated carbocycles. The number of aromatic nitrogens is 2. The van der Waals surface area contributed by atoms with Crippen LogP contribution < -0.4 is 0 Å². The van der Waals surface area contributed by atoms with Crippen LogP contribution in [-0.4, -0.2) is 40.1 Å². The molecule has 3 rings (SSSR count). The maximum atomic E-state index is 11.8. The second kappa shape index (κ2) is 9.68. The SMILES string of the molecule is CCC(=O)C1CCC(CCCN2CCC(n3cc(CC)cn3)CC2)CC1. The second-order valence-corrected chi connectivity index (χ2v) is 8.43. The molecule has 0 N–H and O–H groups in total. The minimum Gasteiger partial charge on any atom is -0.303 e. The van der Waals surface area contributed by atoms with Crippen molar-refractivity contribution >= 4 is 5.78 Å². The fourth-order valence-corrected chi connectivity index (χ4v) is 4.83. The first-order chi connectivity index (χ1) is 12.7. The lowest BCUT2D eigenvalue weighted by atomic mass is 9.78. The van der Waals surface area contributed by atoms with Crippen molar-refractivity contribution in [2.45, 2.75) is 84.1 Å². The van der Waals surface area contributed by atoms with Crippen molar-refractivity contribution in [1.82, 2.24) is 14.7 Å². The number of carbonyl (C=O) groups excluding carboxylic acids is 1. The summed E-state index contributed by atoms with van der Waals surface area (Å²) in [5.74, 6) is 1.74. The van der Waals surface area contributed by atoms with E-state index in [1.54, 1.807) is 0 Å². The maximum absolute atomic E-state index is 11.8. The molecule has 1 aliphatic heterocycles. The topological polar surface area (TPSA) is 38.1 Å². The van der Waals surface area contributed by atoms with E-state index in [1.807, 2.05) is 13.1 Å². The highest BCUT2D eigenvalue weighted by Gasteiger charge is 2.25. The Morgan fingerprint density at radius 1 is 1.12 bits per heavy atom. The molecule has 2 heterocycles. The van der Waals surface area contributed by atoms with Gasteiger partial charge in [0.25, 0.3) is 0 Å². The predicted molar refractivity (Wildman–Crippen MR) is 106 cm³/mol. The van der Waals surface area contributed by atoms with E-state index in [-0.39, 0.29) is 0 Å². The molecule has 1 aromatic heterocycles. The van der Waals surface area contributed by atoms with Crippen LogP contribution in [0, 0.1) is 11.8 Å². The molecular weight excluding hydrogens is 322 g/mol. The molecule has 146 valence electrons. The third-order valence-electron chi connectivity index (χ3n) is 6.73. The zero-order chi connectivity index (χ0) is 18.4. The summed E-state index contributed by atoms with van der Waals surface area (Å²) in [5, 5.41) is 4.56. The normalized spacial score (nSPS) is 25.5. The molecule has 4 nitrogen and oxygen atoms in total. The van der Waals surface area contributed by atoms with E-state index >= 15 is 0 Å². The number of ketones is 1. The van der Waals surface area contributed by atoms with Crippen molar-refractivity contribution in [3.05, 3.63) is 18.0 Å². The zero-order valence-corrected chi connectivity index (χ0v) is 16.8. The predicted octanol–water partition coefficient (Wildman–Crippen LogP) is 4.65. The standard InChI is InChI=1S/C22H37N3O/c1-3-18-16-23-25(17-18)21-11-14-24(15-12-21)13-5-6-19-7-9-20(10-8-19)22(26)4-2/h16-17,19-21H,3-15H2,1-2H3. The van der Waals surface area contributed by atoms with Gasteiger partial charge in [0.1, 0.15) is 5.78 Å². The third kappa shape index (κ3) is 5.18. The number of hydrogen-bond donors (Lipinski definition) is 0. The van der Waals surface area contributed by atoms with Crippen LogP contribution in [0.25, 0.3) is 0 Å². The van der Waals surface area contributed by atoms with E-state index in [0.717, 1.165) is 31.6 Å². The Hall–Kier alpha value is -1.16. The number of nitrogens with zero attached hydrogens (tertiary/aromatic N) is 3. The number of aryl methyl sites for hydroxylation is 1. The zero-order valence-electron chi connectivity index (χ0n) is 16.8. The van der Waals surface area contributed by atoms with Crippen molar-refractivity contribution in [1.29, 1.82) is 0 Å². The molecule has 2 aliphatic rings. The van der Waals surface area contributed by atoms with E-state index < -0.39 is 0 Å². The van der Waals surface area contributed by atoms with Crippen LogP contribution in [0.1, 0.15) is 83.2 Å². The van der Waals surface area contributed by atoms with Crippen LogP contribution in [0.4, 0.5) is 0 Å². The molecule has 0 atom stereocenters. The molecule has 0 amide bonds. The molecule has 1 aromatic rings. The van der Waals surface area contributed by atoms with Crippen LogP contribution >= 0.6 is 0 Å². The lowest BCUT2D eigenvalue weighted by molar-refractivity contribution is -0.123. The highest BCUT2D eigenvalue weighted by atomic mass is 16.1. The van der Waals surface area contributed by atoms with Gasteiger partial charge in [-0.1, -0.05) is 13.8 Å². The minimum absolute atomic E-state index is 0.380. The lowest BCUT2D eigenvalue weighted by Gasteiger charge is -2.33. The van der Waals surface area contributed by atoms with Gasteiger partial charge in [-0.3, -0.25) is 9.48 Å². The molecule has 0 aromatic carbocycles. The summed E-state index contributed by atoms with van der Waals surface area (Å²) >= 11 is 0. The molecule has 2 fully saturated rings. The van der Waals surface area contributed by atoms with Gasteiger partial charge in [-0.15, -0.1) is 0 Å². The Kier molecular flexibility index (Phi) is 7.30. The smallest absolute Gasteiger partial charge is 0.135 e. The molecule has 0 unspecified atom stereocenters. The Bertz CT molecular complexity index is 551. The summed E-state index contributed by atoms with van der Waals surface area (Å²) in [7, 11) is 0. The van der Waals surface area contributed by atoms with E-state index in [1.165, 1.54) is 63.7 Å². The van der Waals surface area contributed by atoms with Gasteiger partial charge in [-0.2, -0.15) is 5.10 Å². The summed E-state index contributed by atoms with van der Waals surface area (Å²) in [6, 6.07) is 0.595. The number of carbonyl (C=O) groups is 1. The summed E-state index contributed by atoms with van der Waals surface area (Å²) < 4.78 is 2.20. The van der Waals surface area contributed by atoms with Gasteiger partial charge in [0, 0.05) is 31.6 Å². The van der Waals surface area contributed by atoms with Gasteiger partial charge in [0.2, 0.25) is 0 Å². The summed E-state index contributed by atoms with van der Waals surface area (Å²) in [4.78, 5) is 14.5. The molecule has 0 spiro atoms. The third-order valence-corrected chi connectivity index (χ3v) is 6.73. The average molecular weight is 360 g/mol. The Morgan fingerprint density at radius 2 is 1.85 bits per heavy atom. The van der Waals surface area contributed by atoms with Gasteiger partial charge < -0.3 is 4.90 Å². The van der Waals surface area contributed by atoms with Crippen LogP contribution in [-0.2, 0) is 11.2 Å². The average Bonchev–Trinajstić information content (AvgIpc) is 3.18. The number of likely N-dealkylation sites (tertiary alicyclic amines) is 1. The molecule has 1 aliphatic carbocycles. The first-order valence-corrected chi connectivity index (χ1v) is 11.0. The number of rotatable bonds is 8. The Morgan fingerprint density at radius 3 is 2.46 bits per heavy atom.